The summed E-state index contributed by atoms with van der Waals surface area (Å²) in [6, 6.07) is 6.92. The zero-order valence-corrected chi connectivity index (χ0v) is 13.3. The highest BCUT2D eigenvalue weighted by atomic mass is 35.5. The van der Waals surface area contributed by atoms with Gasteiger partial charge in [0, 0.05) is 5.02 Å². The number of carbonyl (C=O) groups is 1. The zero-order valence-electron chi connectivity index (χ0n) is 12.5. The molecule has 1 heterocycles. The molecule has 3 rings (SSSR count). The van der Waals surface area contributed by atoms with Gasteiger partial charge in [0.15, 0.2) is 5.76 Å². The van der Waals surface area contributed by atoms with E-state index in [-0.39, 0.29) is 17.3 Å². The van der Waals surface area contributed by atoms with Crippen molar-refractivity contribution in [1.82, 2.24) is 0 Å². The molecular weight excluding hydrogens is 300 g/mol. The maximum atomic E-state index is 12.5. The van der Waals surface area contributed by atoms with Gasteiger partial charge in [0.25, 0.3) is 0 Å². The summed E-state index contributed by atoms with van der Waals surface area (Å²) in [7, 11) is 0. The number of hydrogen-bond acceptors (Lipinski definition) is 3. The van der Waals surface area contributed by atoms with Gasteiger partial charge in [-0.05, 0) is 67.3 Å². The molecular formula is C18H15ClO3. The van der Waals surface area contributed by atoms with Crippen molar-refractivity contribution in [2.24, 2.45) is 0 Å². The average molecular weight is 315 g/mol. The van der Waals surface area contributed by atoms with E-state index in [1.807, 2.05) is 13.8 Å². The van der Waals surface area contributed by atoms with Crippen LogP contribution in [0.3, 0.4) is 0 Å². The van der Waals surface area contributed by atoms with Crippen molar-refractivity contribution in [2.45, 2.75) is 20.8 Å². The lowest BCUT2D eigenvalue weighted by molar-refractivity contribution is 0.101. The van der Waals surface area contributed by atoms with E-state index in [1.165, 1.54) is 0 Å². The number of ether oxygens (including phenoxy) is 1. The molecule has 1 N–H and O–H groups in total. The lowest BCUT2D eigenvalue weighted by Crippen LogP contribution is -2.00. The SMILES string of the molecule is Cc1cc(C=C2Oc3cc(C)c(Cl)c(C)c3C2=O)ccc1O. The van der Waals surface area contributed by atoms with Gasteiger partial charge in [-0.15, -0.1) is 0 Å². The highest BCUT2D eigenvalue weighted by Crippen LogP contribution is 2.39. The van der Waals surface area contributed by atoms with E-state index >= 15 is 0 Å². The van der Waals surface area contributed by atoms with E-state index in [2.05, 4.69) is 0 Å². The number of ketones is 1. The van der Waals surface area contributed by atoms with Crippen LogP contribution in [0, 0.1) is 20.8 Å². The molecule has 2 aromatic carbocycles. The number of fused-ring (bicyclic) bond motifs is 1. The first-order chi connectivity index (χ1) is 10.4. The van der Waals surface area contributed by atoms with Crippen LogP contribution in [0.15, 0.2) is 30.0 Å². The Balaban J connectivity index is 2.05. The number of phenolic OH excluding ortho intramolecular Hbond substituents is 1. The molecule has 1 aliphatic heterocycles. The largest absolute Gasteiger partial charge is 0.508 e. The summed E-state index contributed by atoms with van der Waals surface area (Å²) >= 11 is 6.22. The summed E-state index contributed by atoms with van der Waals surface area (Å²) in [5, 5.41) is 10.2. The second-order valence-electron chi connectivity index (χ2n) is 5.49. The monoisotopic (exact) mass is 314 g/mol. The predicted octanol–water partition coefficient (Wildman–Crippen LogP) is 4.59. The molecule has 4 heteroatoms. The second kappa shape index (κ2) is 5.18. The molecule has 0 spiro atoms. The molecule has 0 atom stereocenters. The first-order valence-electron chi connectivity index (χ1n) is 6.92. The number of allylic oxidation sites excluding steroid dienone is 1. The van der Waals surface area contributed by atoms with Gasteiger partial charge in [0.05, 0.1) is 5.56 Å². The van der Waals surface area contributed by atoms with Gasteiger partial charge in [-0.3, -0.25) is 4.79 Å². The maximum Gasteiger partial charge on any atom is 0.232 e. The van der Waals surface area contributed by atoms with Crippen LogP contribution >= 0.6 is 11.6 Å². The Morgan fingerprint density at radius 1 is 1.14 bits per heavy atom. The standard InChI is InChI=1S/C18H15ClO3/c1-9-6-12(4-5-13(9)20)8-15-18(21)16-11(3)17(19)10(2)7-14(16)22-15/h4-8,20H,1-3H3. The molecule has 0 radical (unpaired) electrons. The van der Waals surface area contributed by atoms with Crippen molar-refractivity contribution in [3.8, 4) is 11.5 Å². The molecule has 0 unspecified atom stereocenters. The Hall–Kier alpha value is -2.26. The summed E-state index contributed by atoms with van der Waals surface area (Å²) in [5.74, 6) is 0.874. The summed E-state index contributed by atoms with van der Waals surface area (Å²) in [6.07, 6.45) is 1.68. The third-order valence-electron chi connectivity index (χ3n) is 3.83. The molecule has 0 bridgehead atoms. The van der Waals surface area contributed by atoms with E-state index in [9.17, 15) is 9.90 Å². The molecule has 0 saturated heterocycles. The van der Waals surface area contributed by atoms with Gasteiger partial charge in [-0.25, -0.2) is 0 Å². The fraction of sp³-hybridized carbons (Fsp3) is 0.167. The number of phenols is 1. The van der Waals surface area contributed by atoms with Crippen molar-refractivity contribution in [3.05, 3.63) is 62.9 Å². The normalized spacial score (nSPS) is 15.1. The van der Waals surface area contributed by atoms with Gasteiger partial charge >= 0.3 is 0 Å². The molecule has 112 valence electrons. The minimum atomic E-state index is -0.167. The van der Waals surface area contributed by atoms with Crippen LogP contribution in [0.1, 0.15) is 32.6 Å². The van der Waals surface area contributed by atoms with E-state index < -0.39 is 0 Å². The molecule has 0 amide bonds. The summed E-state index contributed by atoms with van der Waals surface area (Å²) in [5.41, 5.74) is 3.69. The number of rotatable bonds is 1. The Labute approximate surface area is 133 Å². The fourth-order valence-electron chi connectivity index (χ4n) is 2.59. The smallest absolute Gasteiger partial charge is 0.232 e. The molecule has 0 aliphatic carbocycles. The van der Waals surface area contributed by atoms with E-state index in [0.717, 1.165) is 22.3 Å². The van der Waals surface area contributed by atoms with Crippen LogP contribution in [0.25, 0.3) is 6.08 Å². The third-order valence-corrected chi connectivity index (χ3v) is 4.42. The van der Waals surface area contributed by atoms with Gasteiger partial charge in [-0.2, -0.15) is 0 Å². The van der Waals surface area contributed by atoms with Crippen molar-refractivity contribution in [1.29, 1.82) is 0 Å². The van der Waals surface area contributed by atoms with Crippen LogP contribution in [0.5, 0.6) is 11.5 Å². The highest BCUT2D eigenvalue weighted by Gasteiger charge is 2.30. The van der Waals surface area contributed by atoms with Crippen molar-refractivity contribution < 1.29 is 14.6 Å². The Bertz CT molecular complexity index is 835. The van der Waals surface area contributed by atoms with Crippen molar-refractivity contribution >= 4 is 23.5 Å². The number of halogens is 1. The topological polar surface area (TPSA) is 46.5 Å². The van der Waals surface area contributed by atoms with Crippen LogP contribution in [-0.4, -0.2) is 10.9 Å². The molecule has 1 aliphatic rings. The number of benzene rings is 2. The quantitative estimate of drug-likeness (QED) is 0.783. The Kier molecular flexibility index (Phi) is 3.45. The van der Waals surface area contributed by atoms with Gasteiger partial charge in [0.2, 0.25) is 5.78 Å². The van der Waals surface area contributed by atoms with Crippen LogP contribution in [-0.2, 0) is 0 Å². The summed E-state index contributed by atoms with van der Waals surface area (Å²) in [6.45, 7) is 5.51. The molecule has 0 fully saturated rings. The zero-order chi connectivity index (χ0) is 16.0. The highest BCUT2D eigenvalue weighted by molar-refractivity contribution is 6.33. The number of hydrogen-bond donors (Lipinski definition) is 1. The lowest BCUT2D eigenvalue weighted by atomic mass is 10.0. The van der Waals surface area contributed by atoms with Crippen molar-refractivity contribution in [3.63, 3.8) is 0 Å². The van der Waals surface area contributed by atoms with Crippen LogP contribution in [0.2, 0.25) is 5.02 Å². The third kappa shape index (κ3) is 2.28. The van der Waals surface area contributed by atoms with Gasteiger partial charge < -0.3 is 9.84 Å². The summed E-state index contributed by atoms with van der Waals surface area (Å²) < 4.78 is 5.70. The number of Topliss-reactive ketones (excluding diaryl/α,β-unsaturated/α-hetero) is 1. The minimum absolute atomic E-state index is 0.167. The Morgan fingerprint density at radius 2 is 1.86 bits per heavy atom. The molecule has 0 saturated carbocycles. The second-order valence-corrected chi connectivity index (χ2v) is 5.87. The molecule has 22 heavy (non-hydrogen) atoms. The minimum Gasteiger partial charge on any atom is -0.508 e. The Morgan fingerprint density at radius 3 is 2.55 bits per heavy atom. The predicted molar refractivity (Wildman–Crippen MR) is 86.7 cm³/mol. The number of aromatic hydroxyl groups is 1. The van der Waals surface area contributed by atoms with Crippen LogP contribution in [0.4, 0.5) is 0 Å². The summed E-state index contributed by atoms with van der Waals surface area (Å²) in [4.78, 5) is 12.5. The van der Waals surface area contributed by atoms with E-state index in [0.29, 0.717) is 16.3 Å². The van der Waals surface area contributed by atoms with Crippen LogP contribution < -0.4 is 4.74 Å². The molecule has 3 nitrogen and oxygen atoms in total. The number of carbonyl (C=O) groups excluding carboxylic acids is 1. The molecule has 2 aromatic rings. The van der Waals surface area contributed by atoms with Gasteiger partial charge in [-0.1, -0.05) is 17.7 Å². The lowest BCUT2D eigenvalue weighted by Gasteiger charge is -2.05. The first-order valence-corrected chi connectivity index (χ1v) is 7.30. The average Bonchev–Trinajstić information content (AvgIpc) is 2.77. The van der Waals surface area contributed by atoms with Gasteiger partial charge in [0.1, 0.15) is 11.5 Å². The van der Waals surface area contributed by atoms with E-state index in [4.69, 9.17) is 16.3 Å². The van der Waals surface area contributed by atoms with E-state index in [1.54, 1.807) is 37.3 Å². The fourth-order valence-corrected chi connectivity index (χ4v) is 2.74. The van der Waals surface area contributed by atoms with Crippen molar-refractivity contribution in [2.75, 3.05) is 0 Å². The molecule has 0 aromatic heterocycles. The first kappa shape index (κ1) is 14.7. The maximum absolute atomic E-state index is 12.5. The number of aryl methyl sites for hydroxylation is 2.